The van der Waals surface area contributed by atoms with Gasteiger partial charge in [-0.15, -0.1) is 0 Å². The molecule has 19 heavy (non-hydrogen) atoms. The van der Waals surface area contributed by atoms with Crippen molar-refractivity contribution in [2.45, 2.75) is 32.0 Å². The second-order valence-corrected chi connectivity index (χ2v) is 3.97. The molecule has 5 nitrogen and oxygen atoms in total. The average molecular weight is 278 g/mol. The predicted molar refractivity (Wildman–Crippen MR) is 66.0 cm³/mol. The standard InChI is InChI=1S/C11H17F3N4O/c1-3-7(4-5-19)16-9-6-8(15-2)17-10(18-9)11(12,13)14/h6-7,19H,3-5H2,1-2H3,(H2,15,16,17,18). The van der Waals surface area contributed by atoms with E-state index in [1.54, 1.807) is 0 Å². The Balaban J connectivity index is 3.00. The fourth-order valence-electron chi connectivity index (χ4n) is 1.52. The molecular weight excluding hydrogens is 261 g/mol. The van der Waals surface area contributed by atoms with Crippen molar-refractivity contribution in [1.82, 2.24) is 9.97 Å². The van der Waals surface area contributed by atoms with Crippen LogP contribution in [0.2, 0.25) is 0 Å². The molecular formula is C11H17F3N4O. The molecule has 0 aromatic carbocycles. The fraction of sp³-hybridized carbons (Fsp3) is 0.636. The number of aliphatic hydroxyl groups is 1. The third-order valence-electron chi connectivity index (χ3n) is 2.56. The van der Waals surface area contributed by atoms with Crippen LogP contribution < -0.4 is 10.6 Å². The van der Waals surface area contributed by atoms with Crippen LogP contribution in [-0.2, 0) is 6.18 Å². The lowest BCUT2D eigenvalue weighted by Gasteiger charge is -2.17. The van der Waals surface area contributed by atoms with Gasteiger partial charge in [0.25, 0.3) is 0 Å². The molecule has 0 aliphatic rings. The van der Waals surface area contributed by atoms with Crippen molar-refractivity contribution in [3.05, 3.63) is 11.9 Å². The topological polar surface area (TPSA) is 70.1 Å². The fourth-order valence-corrected chi connectivity index (χ4v) is 1.52. The van der Waals surface area contributed by atoms with Gasteiger partial charge in [0.2, 0.25) is 5.82 Å². The van der Waals surface area contributed by atoms with Crippen LogP contribution in [0.25, 0.3) is 0 Å². The average Bonchev–Trinajstić information content (AvgIpc) is 2.36. The first-order valence-corrected chi connectivity index (χ1v) is 5.92. The van der Waals surface area contributed by atoms with Crippen LogP contribution >= 0.6 is 0 Å². The highest BCUT2D eigenvalue weighted by atomic mass is 19.4. The van der Waals surface area contributed by atoms with Gasteiger partial charge in [0.15, 0.2) is 0 Å². The summed E-state index contributed by atoms with van der Waals surface area (Å²) in [4.78, 5) is 6.82. The van der Waals surface area contributed by atoms with E-state index in [4.69, 9.17) is 5.11 Å². The summed E-state index contributed by atoms with van der Waals surface area (Å²) < 4.78 is 37.9. The zero-order valence-electron chi connectivity index (χ0n) is 10.8. The van der Waals surface area contributed by atoms with E-state index in [1.165, 1.54) is 13.1 Å². The van der Waals surface area contributed by atoms with Crippen molar-refractivity contribution in [3.63, 3.8) is 0 Å². The number of aliphatic hydroxyl groups excluding tert-OH is 1. The Morgan fingerprint density at radius 1 is 1.32 bits per heavy atom. The molecule has 0 radical (unpaired) electrons. The molecule has 1 aromatic heterocycles. The highest BCUT2D eigenvalue weighted by Gasteiger charge is 2.35. The van der Waals surface area contributed by atoms with Crippen LogP contribution in [0.5, 0.6) is 0 Å². The molecule has 8 heteroatoms. The summed E-state index contributed by atoms with van der Waals surface area (Å²) in [5.74, 6) is -1.02. The van der Waals surface area contributed by atoms with Crippen LogP contribution in [-0.4, -0.2) is 34.8 Å². The van der Waals surface area contributed by atoms with E-state index in [2.05, 4.69) is 20.6 Å². The molecule has 0 fully saturated rings. The van der Waals surface area contributed by atoms with Gasteiger partial charge in [0, 0.05) is 25.8 Å². The first-order chi connectivity index (χ1) is 8.90. The van der Waals surface area contributed by atoms with Gasteiger partial charge in [-0.05, 0) is 12.8 Å². The first-order valence-electron chi connectivity index (χ1n) is 5.92. The Labute approximate surface area is 109 Å². The summed E-state index contributed by atoms with van der Waals surface area (Å²) >= 11 is 0. The minimum Gasteiger partial charge on any atom is -0.396 e. The number of rotatable bonds is 6. The zero-order chi connectivity index (χ0) is 14.5. The maximum atomic E-state index is 12.6. The largest absolute Gasteiger partial charge is 0.451 e. The molecule has 1 atom stereocenters. The molecule has 0 saturated carbocycles. The van der Waals surface area contributed by atoms with E-state index < -0.39 is 12.0 Å². The van der Waals surface area contributed by atoms with E-state index in [1.807, 2.05) is 6.92 Å². The van der Waals surface area contributed by atoms with E-state index in [0.29, 0.717) is 12.8 Å². The molecule has 1 rings (SSSR count). The Bertz CT molecular complexity index is 411. The number of hydrogen-bond donors (Lipinski definition) is 3. The molecule has 108 valence electrons. The lowest BCUT2D eigenvalue weighted by Crippen LogP contribution is -2.22. The molecule has 3 N–H and O–H groups in total. The Morgan fingerprint density at radius 3 is 2.42 bits per heavy atom. The van der Waals surface area contributed by atoms with Gasteiger partial charge in [-0.3, -0.25) is 0 Å². The van der Waals surface area contributed by atoms with Crippen molar-refractivity contribution in [2.24, 2.45) is 0 Å². The summed E-state index contributed by atoms with van der Waals surface area (Å²) in [5.41, 5.74) is 0. The van der Waals surface area contributed by atoms with Crippen LogP contribution in [0, 0.1) is 0 Å². The van der Waals surface area contributed by atoms with Crippen molar-refractivity contribution < 1.29 is 18.3 Å². The summed E-state index contributed by atoms with van der Waals surface area (Å²) in [6.07, 6.45) is -3.49. The second-order valence-electron chi connectivity index (χ2n) is 3.97. The molecule has 0 spiro atoms. The minimum absolute atomic E-state index is 0.0401. The van der Waals surface area contributed by atoms with Gasteiger partial charge >= 0.3 is 6.18 Å². The van der Waals surface area contributed by atoms with E-state index in [-0.39, 0.29) is 24.3 Å². The number of hydrogen-bond acceptors (Lipinski definition) is 5. The molecule has 1 aromatic rings. The van der Waals surface area contributed by atoms with E-state index in [0.717, 1.165) is 0 Å². The first kappa shape index (κ1) is 15.5. The number of nitrogens with zero attached hydrogens (tertiary/aromatic N) is 2. The summed E-state index contributed by atoms with van der Waals surface area (Å²) in [6, 6.07) is 1.26. The summed E-state index contributed by atoms with van der Waals surface area (Å²) in [5, 5.41) is 14.3. The third-order valence-corrected chi connectivity index (χ3v) is 2.56. The quantitative estimate of drug-likeness (QED) is 0.743. The molecule has 1 unspecified atom stereocenters. The molecule has 0 saturated heterocycles. The summed E-state index contributed by atoms with van der Waals surface area (Å²) in [6.45, 7) is 1.83. The number of halogens is 3. The lowest BCUT2D eigenvalue weighted by atomic mass is 10.1. The number of nitrogens with one attached hydrogen (secondary N) is 2. The Hall–Kier alpha value is -1.57. The Morgan fingerprint density at radius 2 is 1.95 bits per heavy atom. The van der Waals surface area contributed by atoms with E-state index in [9.17, 15) is 13.2 Å². The number of alkyl halides is 3. The van der Waals surface area contributed by atoms with Gasteiger partial charge < -0.3 is 15.7 Å². The van der Waals surface area contributed by atoms with Gasteiger partial charge in [-0.1, -0.05) is 6.92 Å². The van der Waals surface area contributed by atoms with Crippen molar-refractivity contribution in [1.29, 1.82) is 0 Å². The predicted octanol–water partition coefficient (Wildman–Crippen LogP) is 2.11. The number of aromatic nitrogens is 2. The van der Waals surface area contributed by atoms with Crippen molar-refractivity contribution in [3.8, 4) is 0 Å². The smallest absolute Gasteiger partial charge is 0.396 e. The van der Waals surface area contributed by atoms with Crippen LogP contribution in [0.15, 0.2) is 6.07 Å². The molecule has 0 amide bonds. The lowest BCUT2D eigenvalue weighted by molar-refractivity contribution is -0.144. The van der Waals surface area contributed by atoms with Crippen LogP contribution in [0.1, 0.15) is 25.6 Å². The molecule has 0 bridgehead atoms. The highest BCUT2D eigenvalue weighted by molar-refractivity contribution is 5.48. The summed E-state index contributed by atoms with van der Waals surface area (Å²) in [7, 11) is 1.48. The van der Waals surface area contributed by atoms with Crippen molar-refractivity contribution >= 4 is 11.6 Å². The molecule has 1 heterocycles. The maximum absolute atomic E-state index is 12.6. The van der Waals surface area contributed by atoms with Gasteiger partial charge in [0.05, 0.1) is 0 Å². The Kier molecular flexibility index (Phi) is 5.34. The van der Waals surface area contributed by atoms with Gasteiger partial charge in [-0.2, -0.15) is 13.2 Å². The second kappa shape index (κ2) is 6.55. The normalized spacial score (nSPS) is 13.2. The molecule has 0 aliphatic carbocycles. The maximum Gasteiger partial charge on any atom is 0.451 e. The molecule has 0 aliphatic heterocycles. The van der Waals surface area contributed by atoms with Crippen LogP contribution in [0.4, 0.5) is 24.8 Å². The monoisotopic (exact) mass is 278 g/mol. The minimum atomic E-state index is -4.60. The van der Waals surface area contributed by atoms with E-state index >= 15 is 0 Å². The van der Waals surface area contributed by atoms with Gasteiger partial charge in [0.1, 0.15) is 11.6 Å². The number of anilines is 2. The van der Waals surface area contributed by atoms with Crippen molar-refractivity contribution in [2.75, 3.05) is 24.3 Å². The highest BCUT2D eigenvalue weighted by Crippen LogP contribution is 2.28. The third kappa shape index (κ3) is 4.55. The zero-order valence-corrected chi connectivity index (χ0v) is 10.8. The SMILES string of the molecule is CCC(CCO)Nc1cc(NC)nc(C(F)(F)F)n1. The van der Waals surface area contributed by atoms with Gasteiger partial charge in [-0.25, -0.2) is 9.97 Å². The van der Waals surface area contributed by atoms with Crippen LogP contribution in [0.3, 0.4) is 0 Å².